The first-order chi connectivity index (χ1) is 7.59. The van der Waals surface area contributed by atoms with Gasteiger partial charge in [-0.2, -0.15) is 5.10 Å². The second-order valence-electron chi connectivity index (χ2n) is 3.01. The standard InChI is InChI=1S/C9H5BrFN3O2/c10-7-3-5(11)1-2-6(7)9-8(14(15)16)4-12-13-9/h1-4H,(H,12,13). The minimum Gasteiger partial charge on any atom is -0.271 e. The van der Waals surface area contributed by atoms with E-state index < -0.39 is 10.7 Å². The van der Waals surface area contributed by atoms with Crippen LogP contribution in [0, 0.1) is 15.9 Å². The van der Waals surface area contributed by atoms with Crippen LogP contribution < -0.4 is 0 Å². The summed E-state index contributed by atoms with van der Waals surface area (Å²) in [6.45, 7) is 0. The number of aromatic nitrogens is 2. The maximum absolute atomic E-state index is 12.9. The molecule has 2 aromatic rings. The van der Waals surface area contributed by atoms with Crippen molar-refractivity contribution in [1.29, 1.82) is 0 Å². The molecule has 0 saturated carbocycles. The van der Waals surface area contributed by atoms with Gasteiger partial charge in [-0.25, -0.2) is 4.39 Å². The molecular weight excluding hydrogens is 281 g/mol. The fraction of sp³-hybridized carbons (Fsp3) is 0. The molecule has 1 N–H and O–H groups in total. The first-order valence-corrected chi connectivity index (χ1v) is 5.02. The van der Waals surface area contributed by atoms with Crippen LogP contribution in [0.25, 0.3) is 11.3 Å². The highest BCUT2D eigenvalue weighted by molar-refractivity contribution is 9.10. The Morgan fingerprint density at radius 1 is 1.50 bits per heavy atom. The molecule has 0 bridgehead atoms. The quantitative estimate of drug-likeness (QED) is 0.681. The van der Waals surface area contributed by atoms with Crippen LogP contribution in [0.2, 0.25) is 0 Å². The van der Waals surface area contributed by atoms with Gasteiger partial charge in [0.15, 0.2) is 0 Å². The van der Waals surface area contributed by atoms with E-state index in [1.807, 2.05) is 0 Å². The molecule has 0 spiro atoms. The van der Waals surface area contributed by atoms with Gasteiger partial charge in [0.05, 0.1) is 4.92 Å². The molecule has 0 saturated heterocycles. The Hall–Kier alpha value is -1.76. The number of hydrogen-bond acceptors (Lipinski definition) is 3. The molecule has 82 valence electrons. The molecule has 0 atom stereocenters. The van der Waals surface area contributed by atoms with Crippen LogP contribution in [0.4, 0.5) is 10.1 Å². The molecule has 0 aliphatic heterocycles. The maximum Gasteiger partial charge on any atom is 0.314 e. The van der Waals surface area contributed by atoms with Crippen LogP contribution in [0.1, 0.15) is 0 Å². The van der Waals surface area contributed by atoms with Gasteiger partial charge in [0, 0.05) is 10.0 Å². The maximum atomic E-state index is 12.9. The normalized spacial score (nSPS) is 10.4. The van der Waals surface area contributed by atoms with Crippen molar-refractivity contribution < 1.29 is 9.31 Å². The van der Waals surface area contributed by atoms with Gasteiger partial charge in [-0.05, 0) is 34.1 Å². The molecule has 0 fully saturated rings. The van der Waals surface area contributed by atoms with Gasteiger partial charge in [0.25, 0.3) is 0 Å². The number of nitrogens with zero attached hydrogens (tertiary/aromatic N) is 2. The molecule has 0 aliphatic rings. The molecule has 2 rings (SSSR count). The highest BCUT2D eigenvalue weighted by atomic mass is 79.9. The Labute approximate surface area is 97.6 Å². The molecule has 1 aromatic heterocycles. The molecule has 7 heteroatoms. The lowest BCUT2D eigenvalue weighted by Gasteiger charge is -2.01. The zero-order valence-corrected chi connectivity index (χ0v) is 9.36. The summed E-state index contributed by atoms with van der Waals surface area (Å²) in [6.07, 6.45) is 1.12. The predicted molar refractivity (Wildman–Crippen MR) is 58.3 cm³/mol. The zero-order valence-electron chi connectivity index (χ0n) is 7.78. The number of H-pyrrole nitrogens is 1. The van der Waals surface area contributed by atoms with Crippen molar-refractivity contribution in [1.82, 2.24) is 10.2 Å². The number of halogens is 2. The topological polar surface area (TPSA) is 71.8 Å². The first kappa shape index (κ1) is 10.7. The number of aromatic amines is 1. The van der Waals surface area contributed by atoms with E-state index >= 15 is 0 Å². The lowest BCUT2D eigenvalue weighted by atomic mass is 10.1. The first-order valence-electron chi connectivity index (χ1n) is 4.23. The number of nitro groups is 1. The Bertz CT molecular complexity index is 555. The fourth-order valence-corrected chi connectivity index (χ4v) is 1.86. The third-order valence-corrected chi connectivity index (χ3v) is 2.67. The van der Waals surface area contributed by atoms with E-state index in [0.29, 0.717) is 10.0 Å². The van der Waals surface area contributed by atoms with Crippen LogP contribution in [-0.4, -0.2) is 15.1 Å². The lowest BCUT2D eigenvalue weighted by molar-refractivity contribution is -0.384. The van der Waals surface area contributed by atoms with Gasteiger partial charge in [0.1, 0.15) is 17.7 Å². The third kappa shape index (κ3) is 1.81. The van der Waals surface area contributed by atoms with E-state index in [-0.39, 0.29) is 11.4 Å². The third-order valence-electron chi connectivity index (χ3n) is 2.02. The number of rotatable bonds is 2. The minimum absolute atomic E-state index is 0.146. The van der Waals surface area contributed by atoms with E-state index in [0.717, 1.165) is 6.20 Å². The Morgan fingerprint density at radius 2 is 2.25 bits per heavy atom. The van der Waals surface area contributed by atoms with Crippen LogP contribution in [0.5, 0.6) is 0 Å². The molecule has 0 aliphatic carbocycles. The van der Waals surface area contributed by atoms with E-state index in [2.05, 4.69) is 26.1 Å². The predicted octanol–water partition coefficient (Wildman–Crippen LogP) is 2.89. The van der Waals surface area contributed by atoms with Gasteiger partial charge in [-0.3, -0.25) is 15.2 Å². The van der Waals surface area contributed by atoms with Crippen molar-refractivity contribution in [3.8, 4) is 11.3 Å². The Morgan fingerprint density at radius 3 is 2.88 bits per heavy atom. The van der Waals surface area contributed by atoms with Crippen molar-refractivity contribution in [2.45, 2.75) is 0 Å². The van der Waals surface area contributed by atoms with E-state index in [9.17, 15) is 14.5 Å². The van der Waals surface area contributed by atoms with Crippen molar-refractivity contribution in [2.75, 3.05) is 0 Å². The number of nitrogens with one attached hydrogen (secondary N) is 1. The number of benzene rings is 1. The van der Waals surface area contributed by atoms with Gasteiger partial charge in [-0.15, -0.1) is 0 Å². The molecule has 0 unspecified atom stereocenters. The summed E-state index contributed by atoms with van der Waals surface area (Å²) in [5.41, 5.74) is 0.592. The van der Waals surface area contributed by atoms with Crippen molar-refractivity contribution in [3.05, 3.63) is 44.8 Å². The van der Waals surface area contributed by atoms with Gasteiger partial charge in [0.2, 0.25) is 0 Å². The summed E-state index contributed by atoms with van der Waals surface area (Å²) in [5, 5.41) is 16.8. The average molecular weight is 286 g/mol. The van der Waals surface area contributed by atoms with Crippen molar-refractivity contribution in [2.24, 2.45) is 0 Å². The largest absolute Gasteiger partial charge is 0.314 e. The summed E-state index contributed by atoms with van der Waals surface area (Å²) in [6, 6.07) is 3.91. The zero-order chi connectivity index (χ0) is 11.7. The summed E-state index contributed by atoms with van der Waals surface area (Å²) < 4.78 is 13.3. The molecule has 1 aromatic carbocycles. The summed E-state index contributed by atoms with van der Waals surface area (Å²) in [5.74, 6) is -0.419. The van der Waals surface area contributed by atoms with Gasteiger partial charge >= 0.3 is 5.69 Å². The van der Waals surface area contributed by atoms with E-state index in [4.69, 9.17) is 0 Å². The molecule has 16 heavy (non-hydrogen) atoms. The fourth-order valence-electron chi connectivity index (χ4n) is 1.31. The summed E-state index contributed by atoms with van der Waals surface area (Å²) in [4.78, 5) is 10.1. The molecular formula is C9H5BrFN3O2. The monoisotopic (exact) mass is 285 g/mol. The summed E-state index contributed by atoms with van der Waals surface area (Å²) >= 11 is 3.14. The van der Waals surface area contributed by atoms with E-state index in [1.54, 1.807) is 0 Å². The van der Waals surface area contributed by atoms with Crippen LogP contribution in [0.15, 0.2) is 28.9 Å². The smallest absolute Gasteiger partial charge is 0.271 e. The lowest BCUT2D eigenvalue weighted by Crippen LogP contribution is -1.90. The summed E-state index contributed by atoms with van der Waals surface area (Å²) in [7, 11) is 0. The average Bonchev–Trinajstić information content (AvgIpc) is 2.66. The number of hydrogen-bond donors (Lipinski definition) is 1. The second-order valence-corrected chi connectivity index (χ2v) is 3.87. The van der Waals surface area contributed by atoms with Crippen LogP contribution in [0.3, 0.4) is 0 Å². The molecule has 0 amide bonds. The van der Waals surface area contributed by atoms with Gasteiger partial charge < -0.3 is 0 Å². The van der Waals surface area contributed by atoms with Crippen LogP contribution >= 0.6 is 15.9 Å². The molecule has 0 radical (unpaired) electrons. The highest BCUT2D eigenvalue weighted by Gasteiger charge is 2.19. The molecule has 1 heterocycles. The Balaban J connectivity index is 2.59. The second kappa shape index (κ2) is 4.01. The van der Waals surface area contributed by atoms with Crippen molar-refractivity contribution in [3.63, 3.8) is 0 Å². The highest BCUT2D eigenvalue weighted by Crippen LogP contribution is 2.33. The molecule has 5 nitrogen and oxygen atoms in total. The Kier molecular flexibility index (Phi) is 2.69. The minimum atomic E-state index is -0.547. The van der Waals surface area contributed by atoms with E-state index in [1.165, 1.54) is 18.2 Å². The van der Waals surface area contributed by atoms with Crippen molar-refractivity contribution >= 4 is 21.6 Å². The van der Waals surface area contributed by atoms with Crippen LogP contribution in [-0.2, 0) is 0 Å². The SMILES string of the molecule is O=[N+]([O-])c1cn[nH]c1-c1ccc(F)cc1Br. The van der Waals surface area contributed by atoms with Gasteiger partial charge in [-0.1, -0.05) is 0 Å².